The molecule has 0 radical (unpaired) electrons. The molecular formula is C17H20ClN3O3. The largest absolute Gasteiger partial charge is 0.481 e. The van der Waals surface area contributed by atoms with E-state index in [1.165, 1.54) is 0 Å². The molecule has 1 fully saturated rings. The van der Waals surface area contributed by atoms with E-state index >= 15 is 0 Å². The van der Waals surface area contributed by atoms with Crippen LogP contribution < -0.4 is 5.32 Å². The molecule has 1 aromatic heterocycles. The summed E-state index contributed by atoms with van der Waals surface area (Å²) in [5.74, 6) is -0.852. The Bertz CT molecular complexity index is 788. The molecule has 2 amide bonds. The Morgan fingerprint density at radius 2 is 2.17 bits per heavy atom. The molecule has 0 bridgehead atoms. The van der Waals surface area contributed by atoms with Crippen molar-refractivity contribution in [3.05, 3.63) is 35.5 Å². The number of nitrogens with one attached hydrogen (secondary N) is 1. The molecule has 24 heavy (non-hydrogen) atoms. The Hall–Kier alpha value is -2.21. The molecule has 2 aromatic rings. The number of carboxylic acid groups (broad SMARTS) is 1. The van der Waals surface area contributed by atoms with Gasteiger partial charge >= 0.3 is 12.0 Å². The summed E-state index contributed by atoms with van der Waals surface area (Å²) in [7, 11) is 0. The summed E-state index contributed by atoms with van der Waals surface area (Å²) >= 11 is 5.98. The first-order valence-corrected chi connectivity index (χ1v) is 8.27. The molecular weight excluding hydrogens is 330 g/mol. The Balaban J connectivity index is 1.55. The zero-order valence-electron chi connectivity index (χ0n) is 13.5. The molecule has 6 nitrogen and oxygen atoms in total. The molecule has 0 saturated carbocycles. The second-order valence-corrected chi connectivity index (χ2v) is 6.92. The van der Waals surface area contributed by atoms with Gasteiger partial charge in [0.25, 0.3) is 0 Å². The number of benzene rings is 1. The third kappa shape index (κ3) is 3.19. The third-order valence-corrected chi connectivity index (χ3v) is 4.87. The van der Waals surface area contributed by atoms with Crippen LogP contribution in [0.4, 0.5) is 4.79 Å². The van der Waals surface area contributed by atoms with Crippen LogP contribution in [-0.4, -0.2) is 46.2 Å². The SMILES string of the molecule is CC1(C(=O)O)CCN(C(=O)NCCn2ccc3cc(Cl)ccc32)C1. The summed E-state index contributed by atoms with van der Waals surface area (Å²) in [6, 6.07) is 7.48. The summed E-state index contributed by atoms with van der Waals surface area (Å²) in [6.45, 7) is 3.52. The molecule has 1 saturated heterocycles. The van der Waals surface area contributed by atoms with E-state index in [2.05, 4.69) is 9.88 Å². The van der Waals surface area contributed by atoms with Crippen molar-refractivity contribution < 1.29 is 14.7 Å². The van der Waals surface area contributed by atoms with Crippen molar-refractivity contribution in [1.29, 1.82) is 0 Å². The van der Waals surface area contributed by atoms with E-state index in [-0.39, 0.29) is 12.6 Å². The van der Waals surface area contributed by atoms with Crippen LogP contribution >= 0.6 is 11.6 Å². The van der Waals surface area contributed by atoms with Gasteiger partial charge in [-0.1, -0.05) is 11.6 Å². The average Bonchev–Trinajstić information content (AvgIpc) is 3.12. The maximum atomic E-state index is 12.2. The Labute approximate surface area is 145 Å². The highest BCUT2D eigenvalue weighted by molar-refractivity contribution is 6.31. The zero-order valence-corrected chi connectivity index (χ0v) is 14.2. The molecule has 2 heterocycles. The van der Waals surface area contributed by atoms with Crippen molar-refractivity contribution in [2.75, 3.05) is 19.6 Å². The van der Waals surface area contributed by atoms with Crippen LogP contribution in [0.3, 0.4) is 0 Å². The normalized spacial score (nSPS) is 20.5. The van der Waals surface area contributed by atoms with Gasteiger partial charge in [0.2, 0.25) is 0 Å². The molecule has 1 atom stereocenters. The number of rotatable bonds is 4. The Morgan fingerprint density at radius 1 is 1.38 bits per heavy atom. The van der Waals surface area contributed by atoms with Crippen molar-refractivity contribution in [3.63, 3.8) is 0 Å². The lowest BCUT2D eigenvalue weighted by atomic mass is 9.90. The van der Waals surface area contributed by atoms with Crippen LogP contribution in [0.25, 0.3) is 10.9 Å². The highest BCUT2D eigenvalue weighted by atomic mass is 35.5. The van der Waals surface area contributed by atoms with Gasteiger partial charge in [-0.2, -0.15) is 0 Å². The predicted octanol–water partition coefficient (Wildman–Crippen LogP) is 2.80. The number of aromatic nitrogens is 1. The van der Waals surface area contributed by atoms with E-state index in [1.54, 1.807) is 11.8 Å². The number of carboxylic acids is 1. The summed E-state index contributed by atoms with van der Waals surface area (Å²) in [4.78, 5) is 25.0. The molecule has 1 unspecified atom stereocenters. The van der Waals surface area contributed by atoms with Gasteiger partial charge in [-0.15, -0.1) is 0 Å². The van der Waals surface area contributed by atoms with E-state index in [9.17, 15) is 14.7 Å². The zero-order chi connectivity index (χ0) is 17.3. The van der Waals surface area contributed by atoms with Gasteiger partial charge in [0.15, 0.2) is 0 Å². The maximum absolute atomic E-state index is 12.2. The molecule has 128 valence electrons. The van der Waals surface area contributed by atoms with Crippen molar-refractivity contribution in [3.8, 4) is 0 Å². The smallest absolute Gasteiger partial charge is 0.317 e. The number of hydrogen-bond donors (Lipinski definition) is 2. The van der Waals surface area contributed by atoms with Gasteiger partial charge in [-0.05, 0) is 37.6 Å². The van der Waals surface area contributed by atoms with E-state index in [0.717, 1.165) is 10.9 Å². The van der Waals surface area contributed by atoms with Crippen molar-refractivity contribution in [1.82, 2.24) is 14.8 Å². The lowest BCUT2D eigenvalue weighted by Gasteiger charge is -2.20. The second kappa shape index (κ2) is 6.36. The van der Waals surface area contributed by atoms with Gasteiger partial charge in [0.05, 0.1) is 5.41 Å². The molecule has 1 aliphatic rings. The summed E-state index contributed by atoms with van der Waals surface area (Å²) in [6.07, 6.45) is 2.45. The first kappa shape index (κ1) is 16.6. The van der Waals surface area contributed by atoms with Crippen LogP contribution in [0.5, 0.6) is 0 Å². The highest BCUT2D eigenvalue weighted by Gasteiger charge is 2.42. The average molecular weight is 350 g/mol. The second-order valence-electron chi connectivity index (χ2n) is 6.48. The number of carbonyl (C=O) groups excluding carboxylic acids is 1. The molecule has 2 N–H and O–H groups in total. The summed E-state index contributed by atoms with van der Waals surface area (Å²) in [5.41, 5.74) is 0.223. The minimum atomic E-state index is -0.852. The van der Waals surface area contributed by atoms with Gasteiger partial charge in [-0.25, -0.2) is 4.79 Å². The molecule has 3 rings (SSSR count). The van der Waals surface area contributed by atoms with Crippen molar-refractivity contribution in [2.45, 2.75) is 19.9 Å². The number of likely N-dealkylation sites (tertiary alicyclic amines) is 1. The van der Waals surface area contributed by atoms with Crippen LogP contribution in [-0.2, 0) is 11.3 Å². The first-order chi connectivity index (χ1) is 11.4. The number of nitrogens with zero attached hydrogens (tertiary/aromatic N) is 2. The van der Waals surface area contributed by atoms with Crippen LogP contribution in [0.2, 0.25) is 5.02 Å². The molecule has 1 aliphatic heterocycles. The van der Waals surface area contributed by atoms with Crippen molar-refractivity contribution >= 4 is 34.5 Å². The van der Waals surface area contributed by atoms with E-state index in [1.807, 2.05) is 30.5 Å². The quantitative estimate of drug-likeness (QED) is 0.891. The number of carbonyl (C=O) groups is 2. The summed E-state index contributed by atoms with van der Waals surface area (Å²) in [5, 5.41) is 13.8. The fourth-order valence-corrected chi connectivity index (χ4v) is 3.25. The summed E-state index contributed by atoms with van der Waals surface area (Å²) < 4.78 is 2.05. The number of aliphatic carboxylic acids is 1. The lowest BCUT2D eigenvalue weighted by Crippen LogP contribution is -2.41. The minimum absolute atomic E-state index is 0.209. The Kier molecular flexibility index (Phi) is 4.41. The maximum Gasteiger partial charge on any atom is 0.317 e. The standard InChI is InChI=1S/C17H20ClN3O3/c1-17(15(22)23)5-8-21(11-17)16(24)19-6-9-20-7-4-12-10-13(18)2-3-14(12)20/h2-4,7,10H,5-6,8-9,11H2,1H3,(H,19,24)(H,22,23). The van der Waals surface area contributed by atoms with E-state index in [4.69, 9.17) is 11.6 Å². The predicted molar refractivity (Wildman–Crippen MR) is 92.3 cm³/mol. The van der Waals surface area contributed by atoms with Crippen LogP contribution in [0, 0.1) is 5.41 Å². The van der Waals surface area contributed by atoms with Gasteiger partial charge in [-0.3, -0.25) is 4.79 Å². The number of fused-ring (bicyclic) bond motifs is 1. The fourth-order valence-electron chi connectivity index (χ4n) is 3.07. The van der Waals surface area contributed by atoms with Gasteiger partial charge in [0, 0.05) is 48.3 Å². The lowest BCUT2D eigenvalue weighted by molar-refractivity contribution is -0.146. The van der Waals surface area contributed by atoms with Gasteiger partial charge < -0.3 is 19.9 Å². The van der Waals surface area contributed by atoms with Crippen molar-refractivity contribution in [2.24, 2.45) is 5.41 Å². The third-order valence-electron chi connectivity index (χ3n) is 4.64. The number of halogens is 1. The topological polar surface area (TPSA) is 74.6 Å². The number of hydrogen-bond acceptors (Lipinski definition) is 2. The minimum Gasteiger partial charge on any atom is -0.481 e. The first-order valence-electron chi connectivity index (χ1n) is 7.90. The molecule has 7 heteroatoms. The molecule has 0 aliphatic carbocycles. The monoisotopic (exact) mass is 349 g/mol. The van der Waals surface area contributed by atoms with E-state index < -0.39 is 11.4 Å². The van der Waals surface area contributed by atoms with Gasteiger partial charge in [0.1, 0.15) is 0 Å². The number of amides is 2. The number of urea groups is 1. The molecule has 0 spiro atoms. The van der Waals surface area contributed by atoms with Crippen LogP contribution in [0.1, 0.15) is 13.3 Å². The fraction of sp³-hybridized carbons (Fsp3) is 0.412. The highest BCUT2D eigenvalue weighted by Crippen LogP contribution is 2.29. The Morgan fingerprint density at radius 3 is 2.88 bits per heavy atom. The molecule has 1 aromatic carbocycles. The van der Waals surface area contributed by atoms with E-state index in [0.29, 0.717) is 31.1 Å². The van der Waals surface area contributed by atoms with Crippen LogP contribution in [0.15, 0.2) is 30.5 Å².